The van der Waals surface area contributed by atoms with E-state index in [1.165, 1.54) is 12.1 Å². The molecule has 1 aliphatic heterocycles. The predicted octanol–water partition coefficient (Wildman–Crippen LogP) is 3.73. The van der Waals surface area contributed by atoms with E-state index in [9.17, 15) is 18.0 Å². The van der Waals surface area contributed by atoms with Crippen molar-refractivity contribution in [2.75, 3.05) is 12.4 Å². The van der Waals surface area contributed by atoms with Gasteiger partial charge >= 0.3 is 6.36 Å². The quantitative estimate of drug-likeness (QED) is 0.858. The first-order valence-corrected chi connectivity index (χ1v) is 7.88. The second-order valence-corrected chi connectivity index (χ2v) is 5.63. The fourth-order valence-electron chi connectivity index (χ4n) is 2.45. The van der Waals surface area contributed by atoms with Gasteiger partial charge in [0.15, 0.2) is 0 Å². The normalized spacial score (nSPS) is 16.3. The maximum Gasteiger partial charge on any atom is 0.573 e. The van der Waals surface area contributed by atoms with Crippen LogP contribution >= 0.6 is 0 Å². The molecule has 2 aromatic carbocycles. The number of hydrogen-bond acceptors (Lipinski definition) is 5. The van der Waals surface area contributed by atoms with Crippen molar-refractivity contribution in [3.63, 3.8) is 0 Å². The lowest BCUT2D eigenvalue weighted by Gasteiger charge is -2.11. The van der Waals surface area contributed by atoms with Crippen molar-refractivity contribution in [2.24, 2.45) is 5.16 Å². The Balaban J connectivity index is 1.58. The fraction of sp³-hybridized carbons (Fsp3) is 0.222. The van der Waals surface area contributed by atoms with Crippen molar-refractivity contribution in [3.8, 4) is 11.5 Å². The van der Waals surface area contributed by atoms with E-state index in [0.717, 1.165) is 17.7 Å². The minimum atomic E-state index is -4.77. The Morgan fingerprint density at radius 3 is 2.59 bits per heavy atom. The van der Waals surface area contributed by atoms with Crippen molar-refractivity contribution in [2.45, 2.75) is 18.9 Å². The van der Waals surface area contributed by atoms with Gasteiger partial charge in [-0.2, -0.15) is 0 Å². The molecular weight excluding hydrogens is 365 g/mol. The van der Waals surface area contributed by atoms with E-state index in [1.807, 2.05) is 6.07 Å². The van der Waals surface area contributed by atoms with Crippen LogP contribution in [-0.2, 0) is 9.63 Å². The van der Waals surface area contributed by atoms with Crippen LogP contribution in [-0.4, -0.2) is 31.2 Å². The molecule has 0 aromatic heterocycles. The molecule has 1 aliphatic rings. The number of amides is 1. The molecular formula is C18H15F3N2O4. The van der Waals surface area contributed by atoms with Gasteiger partial charge in [0.05, 0.1) is 12.8 Å². The number of oxime groups is 1. The van der Waals surface area contributed by atoms with Gasteiger partial charge in [-0.1, -0.05) is 17.3 Å². The Morgan fingerprint density at radius 2 is 1.93 bits per heavy atom. The van der Waals surface area contributed by atoms with Crippen LogP contribution in [0.5, 0.6) is 11.5 Å². The van der Waals surface area contributed by atoms with Crippen molar-refractivity contribution in [1.29, 1.82) is 0 Å². The second-order valence-electron chi connectivity index (χ2n) is 5.63. The standard InChI is InChI=1S/C18H15F3N2O4/c1-25-14-4-2-3-11(9-14)15-10-16(27-23-15)17(24)22-12-5-7-13(8-6-12)26-18(19,20)21/h2-9,16H,10H2,1H3,(H,22,24). The summed E-state index contributed by atoms with van der Waals surface area (Å²) in [7, 11) is 1.55. The molecule has 0 radical (unpaired) electrons. The summed E-state index contributed by atoms with van der Waals surface area (Å²) in [4.78, 5) is 17.5. The van der Waals surface area contributed by atoms with Gasteiger partial charge in [-0.25, -0.2) is 0 Å². The highest BCUT2D eigenvalue weighted by Gasteiger charge is 2.31. The number of benzene rings is 2. The Labute approximate surface area is 152 Å². The van der Waals surface area contributed by atoms with Crippen LogP contribution < -0.4 is 14.8 Å². The van der Waals surface area contributed by atoms with Gasteiger partial charge in [-0.15, -0.1) is 13.2 Å². The average Bonchev–Trinajstić information content (AvgIpc) is 3.12. The van der Waals surface area contributed by atoms with E-state index in [2.05, 4.69) is 15.2 Å². The first-order valence-electron chi connectivity index (χ1n) is 7.88. The van der Waals surface area contributed by atoms with Gasteiger partial charge < -0.3 is 19.6 Å². The molecule has 1 unspecified atom stereocenters. The van der Waals surface area contributed by atoms with Crippen molar-refractivity contribution < 1.29 is 32.3 Å². The highest BCUT2D eigenvalue weighted by Crippen LogP contribution is 2.25. The number of hydrogen-bond donors (Lipinski definition) is 1. The number of methoxy groups -OCH3 is 1. The molecule has 1 heterocycles. The van der Waals surface area contributed by atoms with E-state index in [0.29, 0.717) is 17.1 Å². The molecule has 9 heteroatoms. The summed E-state index contributed by atoms with van der Waals surface area (Å²) in [5.74, 6) is -0.174. The first-order chi connectivity index (χ1) is 12.8. The van der Waals surface area contributed by atoms with Gasteiger partial charge in [0.1, 0.15) is 11.5 Å². The highest BCUT2D eigenvalue weighted by molar-refractivity contribution is 6.06. The minimum Gasteiger partial charge on any atom is -0.497 e. The number of ether oxygens (including phenoxy) is 2. The van der Waals surface area contributed by atoms with Crippen molar-refractivity contribution >= 4 is 17.3 Å². The van der Waals surface area contributed by atoms with E-state index in [4.69, 9.17) is 9.57 Å². The third-order valence-electron chi connectivity index (χ3n) is 3.72. The number of nitrogens with zero attached hydrogens (tertiary/aromatic N) is 1. The third kappa shape index (κ3) is 4.90. The number of anilines is 1. The molecule has 1 N–H and O–H groups in total. The molecule has 3 rings (SSSR count). The zero-order valence-corrected chi connectivity index (χ0v) is 14.1. The number of carbonyl (C=O) groups is 1. The Bertz CT molecular complexity index is 850. The maximum absolute atomic E-state index is 12.3. The lowest BCUT2D eigenvalue weighted by Crippen LogP contribution is -2.28. The third-order valence-corrected chi connectivity index (χ3v) is 3.72. The number of carbonyl (C=O) groups excluding carboxylic acids is 1. The summed E-state index contributed by atoms with van der Waals surface area (Å²) in [5, 5.41) is 6.50. The van der Waals surface area contributed by atoms with E-state index in [-0.39, 0.29) is 12.2 Å². The molecule has 0 spiro atoms. The van der Waals surface area contributed by atoms with E-state index < -0.39 is 18.4 Å². The second kappa shape index (κ2) is 7.56. The van der Waals surface area contributed by atoms with Gasteiger partial charge in [-0.05, 0) is 36.4 Å². The SMILES string of the molecule is COc1cccc(C2=NOC(C(=O)Nc3ccc(OC(F)(F)F)cc3)C2)c1. The highest BCUT2D eigenvalue weighted by atomic mass is 19.4. The molecule has 27 heavy (non-hydrogen) atoms. The summed E-state index contributed by atoms with van der Waals surface area (Å²) in [6.45, 7) is 0. The van der Waals surface area contributed by atoms with Crippen LogP contribution in [0.3, 0.4) is 0 Å². The molecule has 1 atom stereocenters. The van der Waals surface area contributed by atoms with Crippen LogP contribution in [0.1, 0.15) is 12.0 Å². The van der Waals surface area contributed by atoms with E-state index in [1.54, 1.807) is 25.3 Å². The van der Waals surface area contributed by atoms with Crippen LogP contribution in [0.2, 0.25) is 0 Å². The molecule has 0 saturated carbocycles. The zero-order chi connectivity index (χ0) is 19.4. The molecule has 142 valence electrons. The molecule has 6 nitrogen and oxygen atoms in total. The number of alkyl halides is 3. The number of rotatable bonds is 5. The molecule has 2 aromatic rings. The predicted molar refractivity (Wildman–Crippen MR) is 90.8 cm³/mol. The Hall–Kier alpha value is -3.23. The summed E-state index contributed by atoms with van der Waals surface area (Å²) in [6, 6.07) is 12.0. The summed E-state index contributed by atoms with van der Waals surface area (Å²) in [5.41, 5.74) is 1.69. The van der Waals surface area contributed by atoms with Crippen molar-refractivity contribution in [3.05, 3.63) is 54.1 Å². The fourth-order valence-corrected chi connectivity index (χ4v) is 2.45. The molecule has 0 bridgehead atoms. The van der Waals surface area contributed by atoms with E-state index >= 15 is 0 Å². The monoisotopic (exact) mass is 380 g/mol. The van der Waals surface area contributed by atoms with Gasteiger partial charge in [0.25, 0.3) is 5.91 Å². The van der Waals surface area contributed by atoms with Crippen LogP contribution in [0.15, 0.2) is 53.7 Å². The van der Waals surface area contributed by atoms with Crippen molar-refractivity contribution in [1.82, 2.24) is 0 Å². The zero-order valence-electron chi connectivity index (χ0n) is 14.1. The minimum absolute atomic E-state index is 0.258. The van der Waals surface area contributed by atoms with Crippen LogP contribution in [0, 0.1) is 0 Å². The van der Waals surface area contributed by atoms with Crippen LogP contribution in [0.25, 0.3) is 0 Å². The smallest absolute Gasteiger partial charge is 0.497 e. The Kier molecular flexibility index (Phi) is 5.20. The molecule has 1 amide bonds. The number of halogens is 3. The number of nitrogens with one attached hydrogen (secondary N) is 1. The Morgan fingerprint density at radius 1 is 1.19 bits per heavy atom. The largest absolute Gasteiger partial charge is 0.573 e. The average molecular weight is 380 g/mol. The summed E-state index contributed by atoms with van der Waals surface area (Å²) in [6.07, 6.45) is -5.35. The maximum atomic E-state index is 12.3. The summed E-state index contributed by atoms with van der Waals surface area (Å²) < 4.78 is 45.4. The van der Waals surface area contributed by atoms with Gasteiger partial charge in [-0.3, -0.25) is 4.79 Å². The van der Waals surface area contributed by atoms with Crippen LogP contribution in [0.4, 0.5) is 18.9 Å². The lowest BCUT2D eigenvalue weighted by molar-refractivity contribution is -0.274. The lowest BCUT2D eigenvalue weighted by atomic mass is 10.0. The topological polar surface area (TPSA) is 69.2 Å². The first kappa shape index (κ1) is 18.6. The molecule has 0 fully saturated rings. The molecule has 0 saturated heterocycles. The molecule has 0 aliphatic carbocycles. The van der Waals surface area contributed by atoms with Gasteiger partial charge in [0.2, 0.25) is 6.10 Å². The van der Waals surface area contributed by atoms with Gasteiger partial charge in [0, 0.05) is 17.7 Å². The summed E-state index contributed by atoms with van der Waals surface area (Å²) >= 11 is 0.